The average molecular weight is 393 g/mol. The molecule has 1 aromatic heterocycles. The Bertz CT molecular complexity index is 723. The minimum atomic E-state index is 0.777. The van der Waals surface area contributed by atoms with Crippen LogP contribution >= 0.6 is 31.9 Å². The normalized spacial score (nSPS) is 10.5. The lowest BCUT2D eigenvalue weighted by Crippen LogP contribution is -2.01. The van der Waals surface area contributed by atoms with Crippen LogP contribution in [0, 0.1) is 0 Å². The lowest BCUT2D eigenvalue weighted by Gasteiger charge is -2.11. The molecule has 5 heteroatoms. The Morgan fingerprint density at radius 1 is 1.00 bits per heavy atom. The zero-order chi connectivity index (χ0) is 13.9. The largest absolute Gasteiger partial charge is 0.325 e. The molecule has 0 spiro atoms. The molecule has 0 aliphatic heterocycles. The number of halogens is 2. The number of hydrogen-bond donors (Lipinski definition) is 1. The molecule has 0 bridgehead atoms. The molecule has 0 fully saturated rings. The fraction of sp³-hybridized carbons (Fsp3) is 0. The van der Waals surface area contributed by atoms with Crippen molar-refractivity contribution in [3.63, 3.8) is 0 Å². The maximum Gasteiger partial charge on any atom is 0.212 e. The fourth-order valence-corrected chi connectivity index (χ4v) is 3.16. The Hall–Kier alpha value is -1.59. The number of anilines is 2. The zero-order valence-electron chi connectivity index (χ0n) is 10.4. The molecule has 3 aromatic rings. The summed E-state index contributed by atoms with van der Waals surface area (Å²) in [6, 6.07) is 16.0. The zero-order valence-corrected chi connectivity index (χ0v) is 13.6. The van der Waals surface area contributed by atoms with E-state index in [9.17, 15) is 0 Å². The summed E-state index contributed by atoms with van der Waals surface area (Å²) < 4.78 is 4.04. The molecule has 3 nitrogen and oxygen atoms in total. The van der Waals surface area contributed by atoms with Gasteiger partial charge < -0.3 is 5.32 Å². The lowest BCUT2D eigenvalue weighted by molar-refractivity contribution is 1.05. The quantitative estimate of drug-likeness (QED) is 0.668. The number of benzene rings is 2. The molecular formula is C15H11Br2N3. The third-order valence-corrected chi connectivity index (χ3v) is 3.97. The topological polar surface area (TPSA) is 29.9 Å². The molecule has 0 saturated carbocycles. The van der Waals surface area contributed by atoms with Crippen molar-refractivity contribution < 1.29 is 0 Å². The van der Waals surface area contributed by atoms with E-state index < -0.39 is 0 Å². The van der Waals surface area contributed by atoms with Crippen molar-refractivity contribution in [3.8, 4) is 5.69 Å². The van der Waals surface area contributed by atoms with Crippen molar-refractivity contribution in [1.82, 2.24) is 9.55 Å². The van der Waals surface area contributed by atoms with Gasteiger partial charge in [-0.05, 0) is 46.3 Å². The Balaban J connectivity index is 1.98. The van der Waals surface area contributed by atoms with Crippen LogP contribution in [0.5, 0.6) is 0 Å². The Labute approximate surface area is 133 Å². The molecule has 0 atom stereocenters. The summed E-state index contributed by atoms with van der Waals surface area (Å²) in [6.45, 7) is 0. The molecule has 0 unspecified atom stereocenters. The molecule has 20 heavy (non-hydrogen) atoms. The van der Waals surface area contributed by atoms with Crippen LogP contribution in [0.1, 0.15) is 0 Å². The third kappa shape index (κ3) is 2.78. The summed E-state index contributed by atoms with van der Waals surface area (Å²) >= 11 is 7.04. The van der Waals surface area contributed by atoms with E-state index in [1.165, 1.54) is 0 Å². The van der Waals surface area contributed by atoms with E-state index in [1.54, 1.807) is 6.20 Å². The Kier molecular flexibility index (Phi) is 3.89. The van der Waals surface area contributed by atoms with E-state index in [4.69, 9.17) is 0 Å². The smallest absolute Gasteiger partial charge is 0.212 e. The van der Waals surface area contributed by atoms with Crippen LogP contribution in [-0.2, 0) is 0 Å². The SMILES string of the molecule is Brc1ccc(-n2ccnc2Nc2ccccc2)c(Br)c1. The summed E-state index contributed by atoms with van der Waals surface area (Å²) in [5, 5.41) is 3.31. The Morgan fingerprint density at radius 3 is 2.55 bits per heavy atom. The first-order valence-electron chi connectivity index (χ1n) is 6.05. The highest BCUT2D eigenvalue weighted by molar-refractivity contribution is 9.11. The molecule has 0 aliphatic carbocycles. The number of hydrogen-bond acceptors (Lipinski definition) is 2. The van der Waals surface area contributed by atoms with E-state index in [2.05, 4.69) is 42.2 Å². The van der Waals surface area contributed by atoms with Gasteiger partial charge in [0.2, 0.25) is 5.95 Å². The standard InChI is InChI=1S/C15H11Br2N3/c16-11-6-7-14(13(17)10-11)20-9-8-18-15(20)19-12-4-2-1-3-5-12/h1-10H,(H,18,19). The van der Waals surface area contributed by atoms with Crippen LogP contribution in [0.25, 0.3) is 5.69 Å². The van der Waals surface area contributed by atoms with Crippen molar-refractivity contribution in [2.75, 3.05) is 5.32 Å². The molecular weight excluding hydrogens is 382 g/mol. The summed E-state index contributed by atoms with van der Waals surface area (Å²) in [5.41, 5.74) is 2.04. The van der Waals surface area contributed by atoms with E-state index in [0.29, 0.717) is 0 Å². The van der Waals surface area contributed by atoms with Crippen molar-refractivity contribution >= 4 is 43.5 Å². The number of para-hydroxylation sites is 1. The first kappa shape index (κ1) is 13.4. The van der Waals surface area contributed by atoms with Gasteiger partial charge in [-0.15, -0.1) is 0 Å². The highest BCUT2D eigenvalue weighted by Crippen LogP contribution is 2.28. The van der Waals surface area contributed by atoms with Gasteiger partial charge in [0.15, 0.2) is 0 Å². The third-order valence-electron chi connectivity index (χ3n) is 2.84. The number of nitrogens with one attached hydrogen (secondary N) is 1. The molecule has 100 valence electrons. The molecule has 3 rings (SSSR count). The van der Waals surface area contributed by atoms with Gasteiger partial charge in [-0.1, -0.05) is 34.1 Å². The average Bonchev–Trinajstić information content (AvgIpc) is 2.88. The second-order valence-corrected chi connectivity index (χ2v) is 5.98. The second kappa shape index (κ2) is 5.81. The van der Waals surface area contributed by atoms with Gasteiger partial charge in [-0.25, -0.2) is 4.98 Å². The van der Waals surface area contributed by atoms with Crippen LogP contribution < -0.4 is 5.32 Å². The molecule has 0 amide bonds. The van der Waals surface area contributed by atoms with Crippen molar-refractivity contribution in [3.05, 3.63) is 69.9 Å². The highest BCUT2D eigenvalue weighted by atomic mass is 79.9. The van der Waals surface area contributed by atoms with E-state index in [0.717, 1.165) is 26.3 Å². The van der Waals surface area contributed by atoms with Crippen LogP contribution in [0.15, 0.2) is 69.9 Å². The van der Waals surface area contributed by atoms with Gasteiger partial charge in [0, 0.05) is 27.0 Å². The maximum absolute atomic E-state index is 4.37. The van der Waals surface area contributed by atoms with Crippen molar-refractivity contribution in [1.29, 1.82) is 0 Å². The van der Waals surface area contributed by atoms with Gasteiger partial charge in [0.05, 0.1) is 5.69 Å². The van der Waals surface area contributed by atoms with Crippen LogP contribution in [0.2, 0.25) is 0 Å². The first-order chi connectivity index (χ1) is 9.74. The second-order valence-electron chi connectivity index (χ2n) is 4.21. The molecule has 0 saturated heterocycles. The number of imidazole rings is 1. The Morgan fingerprint density at radius 2 is 1.80 bits per heavy atom. The van der Waals surface area contributed by atoms with E-state index >= 15 is 0 Å². The molecule has 0 radical (unpaired) electrons. The summed E-state index contributed by atoms with van der Waals surface area (Å²) in [4.78, 5) is 4.37. The molecule has 1 heterocycles. The fourth-order valence-electron chi connectivity index (χ4n) is 1.92. The summed E-state index contributed by atoms with van der Waals surface area (Å²) in [7, 11) is 0. The molecule has 0 aliphatic rings. The highest BCUT2D eigenvalue weighted by Gasteiger charge is 2.08. The van der Waals surface area contributed by atoms with Crippen molar-refractivity contribution in [2.24, 2.45) is 0 Å². The number of rotatable bonds is 3. The van der Waals surface area contributed by atoms with Gasteiger partial charge in [-0.3, -0.25) is 4.57 Å². The molecule has 1 N–H and O–H groups in total. The predicted octanol–water partition coefficient (Wildman–Crippen LogP) is 5.14. The maximum atomic E-state index is 4.37. The summed E-state index contributed by atoms with van der Waals surface area (Å²) in [5.74, 6) is 0.777. The monoisotopic (exact) mass is 391 g/mol. The van der Waals surface area contributed by atoms with Gasteiger partial charge in [-0.2, -0.15) is 0 Å². The van der Waals surface area contributed by atoms with Crippen LogP contribution in [0.4, 0.5) is 11.6 Å². The van der Waals surface area contributed by atoms with Crippen molar-refractivity contribution in [2.45, 2.75) is 0 Å². The minimum Gasteiger partial charge on any atom is -0.325 e. The molecule has 2 aromatic carbocycles. The van der Waals surface area contributed by atoms with Gasteiger partial charge in [0.1, 0.15) is 0 Å². The number of aromatic nitrogens is 2. The van der Waals surface area contributed by atoms with Gasteiger partial charge in [0.25, 0.3) is 0 Å². The first-order valence-corrected chi connectivity index (χ1v) is 7.63. The van der Waals surface area contributed by atoms with E-state index in [1.807, 2.05) is 59.3 Å². The number of nitrogens with zero attached hydrogens (tertiary/aromatic N) is 2. The van der Waals surface area contributed by atoms with Crippen LogP contribution in [-0.4, -0.2) is 9.55 Å². The summed E-state index contributed by atoms with van der Waals surface area (Å²) in [6.07, 6.45) is 3.71. The van der Waals surface area contributed by atoms with E-state index in [-0.39, 0.29) is 0 Å². The van der Waals surface area contributed by atoms with Crippen LogP contribution in [0.3, 0.4) is 0 Å². The predicted molar refractivity (Wildman–Crippen MR) is 88.7 cm³/mol. The van der Waals surface area contributed by atoms with Gasteiger partial charge >= 0.3 is 0 Å². The lowest BCUT2D eigenvalue weighted by atomic mass is 10.3. The minimum absolute atomic E-state index is 0.777.